The minimum atomic E-state index is -0.539. The second kappa shape index (κ2) is 28.5. The summed E-state index contributed by atoms with van der Waals surface area (Å²) in [5.74, 6) is -0.116. The number of hydrogen-bond donors (Lipinski definition) is 2. The van der Waals surface area contributed by atoms with Gasteiger partial charge in [-0.1, -0.05) is 13.8 Å². The molecule has 1 amide bonds. The van der Waals surface area contributed by atoms with Crippen molar-refractivity contribution in [3.8, 4) is 0 Å². The highest BCUT2D eigenvalue weighted by atomic mass is 16.6. The van der Waals surface area contributed by atoms with Crippen LogP contribution < -0.4 is 11.1 Å². The molecule has 1 rings (SSSR count). The molecule has 1 aliphatic heterocycles. The predicted molar refractivity (Wildman–Crippen MR) is 145 cm³/mol. The molecule has 0 saturated carbocycles. The van der Waals surface area contributed by atoms with Crippen molar-refractivity contribution in [2.75, 3.05) is 93.4 Å². The number of nitrogens with one attached hydrogen (secondary N) is 1. The molecule has 1 saturated heterocycles. The Bertz CT molecular complexity index is 568. The number of likely N-dealkylation sites (N-methyl/N-ethyl adjacent to an activating group) is 1. The third kappa shape index (κ3) is 21.4. The van der Waals surface area contributed by atoms with E-state index in [4.69, 9.17) is 34.2 Å². The van der Waals surface area contributed by atoms with Gasteiger partial charge in [0, 0.05) is 26.1 Å². The van der Waals surface area contributed by atoms with Crippen LogP contribution in [-0.4, -0.2) is 134 Å². The molecule has 0 aliphatic carbocycles. The van der Waals surface area contributed by atoms with Crippen LogP contribution in [0.2, 0.25) is 0 Å². The molecule has 12 nitrogen and oxygen atoms in total. The Hall–Kier alpha value is -1.51. The summed E-state index contributed by atoms with van der Waals surface area (Å²) >= 11 is 0. The Kier molecular flexibility index (Phi) is 29.0. The predicted octanol–water partition coefficient (Wildman–Crippen LogP) is 0.443. The van der Waals surface area contributed by atoms with Crippen molar-refractivity contribution in [3.63, 3.8) is 0 Å². The van der Waals surface area contributed by atoms with Crippen LogP contribution in [0.1, 0.15) is 40.5 Å². The number of Topliss-reactive ketones (excluding diaryl/α,β-unsaturated/α-hetero) is 1. The Morgan fingerprint density at radius 1 is 0.895 bits per heavy atom. The maximum atomic E-state index is 11.7. The van der Waals surface area contributed by atoms with Gasteiger partial charge < -0.3 is 49.2 Å². The lowest BCUT2D eigenvalue weighted by molar-refractivity contribution is -0.137. The van der Waals surface area contributed by atoms with Gasteiger partial charge in [0.2, 0.25) is 5.91 Å². The van der Waals surface area contributed by atoms with Crippen LogP contribution in [-0.2, 0) is 42.8 Å². The Morgan fingerprint density at radius 3 is 1.66 bits per heavy atom. The molecular weight excluding hydrogens is 498 g/mol. The number of likely N-dealkylation sites (tertiary alicyclic amines) is 1. The first kappa shape index (κ1) is 38.6. The number of methoxy groups -OCH3 is 1. The van der Waals surface area contributed by atoms with E-state index in [-0.39, 0.29) is 23.8 Å². The molecule has 3 N–H and O–H groups in total. The molecule has 1 fully saturated rings. The molecule has 0 aromatic carbocycles. The minimum absolute atomic E-state index is 0.0294. The molecule has 3 unspecified atom stereocenters. The van der Waals surface area contributed by atoms with Crippen molar-refractivity contribution >= 4 is 18.0 Å². The maximum Gasteiger partial charge on any atom is 0.239 e. The smallest absolute Gasteiger partial charge is 0.239 e. The minimum Gasteiger partial charge on any atom is -0.382 e. The quantitative estimate of drug-likeness (QED) is 0.151. The van der Waals surface area contributed by atoms with E-state index in [2.05, 4.69) is 5.32 Å². The van der Waals surface area contributed by atoms with Crippen LogP contribution in [0.5, 0.6) is 0 Å². The van der Waals surface area contributed by atoms with Crippen LogP contribution in [0.3, 0.4) is 0 Å². The van der Waals surface area contributed by atoms with Gasteiger partial charge in [0.1, 0.15) is 6.29 Å². The number of ether oxygens (including phenoxy) is 6. The van der Waals surface area contributed by atoms with Crippen molar-refractivity contribution in [1.29, 1.82) is 0 Å². The molecule has 38 heavy (non-hydrogen) atoms. The summed E-state index contributed by atoms with van der Waals surface area (Å²) in [5.41, 5.74) is 5.54. The van der Waals surface area contributed by atoms with E-state index >= 15 is 0 Å². The summed E-state index contributed by atoms with van der Waals surface area (Å²) in [4.78, 5) is 34.7. The zero-order chi connectivity index (χ0) is 29.0. The number of nitrogens with two attached hydrogens (primary N) is 1. The first-order chi connectivity index (χ1) is 18.4. The number of nitrogens with zero attached hydrogens (tertiary/aromatic N) is 1. The average molecular weight is 552 g/mol. The summed E-state index contributed by atoms with van der Waals surface area (Å²) < 4.78 is 31.2. The molecule has 3 atom stereocenters. The zero-order valence-electron chi connectivity index (χ0n) is 24.4. The molecule has 0 aromatic heterocycles. The Labute approximate surface area is 229 Å². The fourth-order valence-electron chi connectivity index (χ4n) is 3.19. The number of carbonyl (C=O) groups is 3. The number of carbonyl (C=O) groups excluding carboxylic acids is 3. The van der Waals surface area contributed by atoms with Crippen LogP contribution in [0.15, 0.2) is 0 Å². The van der Waals surface area contributed by atoms with E-state index < -0.39 is 6.04 Å². The van der Waals surface area contributed by atoms with Crippen LogP contribution in [0, 0.1) is 0 Å². The van der Waals surface area contributed by atoms with Gasteiger partial charge in [-0.2, -0.15) is 0 Å². The third-order valence-corrected chi connectivity index (χ3v) is 5.15. The maximum absolute atomic E-state index is 11.7. The van der Waals surface area contributed by atoms with Crippen LogP contribution in [0.4, 0.5) is 0 Å². The largest absolute Gasteiger partial charge is 0.382 e. The number of ketones is 1. The van der Waals surface area contributed by atoms with E-state index in [0.29, 0.717) is 92.1 Å². The van der Waals surface area contributed by atoms with E-state index in [1.165, 1.54) is 6.92 Å². The van der Waals surface area contributed by atoms with Gasteiger partial charge in [-0.3, -0.25) is 9.59 Å². The molecule has 226 valence electrons. The fourth-order valence-corrected chi connectivity index (χ4v) is 3.19. The summed E-state index contributed by atoms with van der Waals surface area (Å²) in [6.45, 7) is 13.7. The highest BCUT2D eigenvalue weighted by Crippen LogP contribution is 2.19. The van der Waals surface area contributed by atoms with Gasteiger partial charge in [-0.15, -0.1) is 0 Å². The molecular formula is C26H53N3O9. The normalized spacial score (nSPS) is 17.2. The highest BCUT2D eigenvalue weighted by molar-refractivity contribution is 5.90. The van der Waals surface area contributed by atoms with E-state index in [1.54, 1.807) is 18.9 Å². The van der Waals surface area contributed by atoms with Crippen molar-refractivity contribution in [2.24, 2.45) is 5.73 Å². The van der Waals surface area contributed by atoms with Gasteiger partial charge in [0.25, 0.3) is 0 Å². The first-order valence-electron chi connectivity index (χ1n) is 13.4. The average Bonchev–Trinajstić information content (AvgIpc) is 3.36. The SMILES string of the molecule is CC.CNC1CC(C(C)=O)N(C(=O)C(C)N)C1.COCCOCCOCCOCCOCCOCCC=O. The van der Waals surface area contributed by atoms with Crippen molar-refractivity contribution in [3.05, 3.63) is 0 Å². The lowest BCUT2D eigenvalue weighted by atomic mass is 10.1. The highest BCUT2D eigenvalue weighted by Gasteiger charge is 2.37. The molecule has 0 spiro atoms. The second-order valence-electron chi connectivity index (χ2n) is 8.14. The Balaban J connectivity index is 0. The van der Waals surface area contributed by atoms with Crippen molar-refractivity contribution in [1.82, 2.24) is 10.2 Å². The molecule has 1 heterocycles. The van der Waals surface area contributed by atoms with E-state index in [0.717, 1.165) is 6.29 Å². The third-order valence-electron chi connectivity index (χ3n) is 5.15. The van der Waals surface area contributed by atoms with Crippen LogP contribution >= 0.6 is 0 Å². The molecule has 0 bridgehead atoms. The first-order valence-corrected chi connectivity index (χ1v) is 13.4. The van der Waals surface area contributed by atoms with Crippen LogP contribution in [0.25, 0.3) is 0 Å². The summed E-state index contributed by atoms with van der Waals surface area (Å²) in [6, 6.07) is -0.648. The van der Waals surface area contributed by atoms with Crippen molar-refractivity contribution < 1.29 is 42.8 Å². The number of aldehydes is 1. The summed E-state index contributed by atoms with van der Waals surface area (Å²) in [6.07, 6.45) is 1.95. The van der Waals surface area contributed by atoms with Crippen molar-refractivity contribution in [2.45, 2.75) is 58.7 Å². The standard InChI is InChI=1S/C14H28O7.C10H19N3O2.C2H6/c1-16-5-6-18-9-10-20-13-14-21-12-11-19-8-7-17-4-2-3-15;1-6(11)10(15)13-5-8(12-3)4-9(13)7(2)14;1-2/h3H,2,4-14H2,1H3;6,8-9,12H,4-5,11H2,1-3H3;1-2H3. The molecule has 12 heteroatoms. The van der Waals surface area contributed by atoms with Gasteiger partial charge in [-0.25, -0.2) is 0 Å². The number of rotatable bonds is 21. The van der Waals surface area contributed by atoms with Gasteiger partial charge >= 0.3 is 0 Å². The Morgan fingerprint density at radius 2 is 1.32 bits per heavy atom. The van der Waals surface area contributed by atoms with Gasteiger partial charge in [0.05, 0.1) is 84.8 Å². The second-order valence-corrected chi connectivity index (χ2v) is 8.14. The monoisotopic (exact) mass is 551 g/mol. The lowest BCUT2D eigenvalue weighted by Crippen LogP contribution is -2.47. The fraction of sp³-hybridized carbons (Fsp3) is 0.885. The van der Waals surface area contributed by atoms with E-state index in [1.807, 2.05) is 20.9 Å². The summed E-state index contributed by atoms with van der Waals surface area (Å²) in [5, 5.41) is 3.09. The van der Waals surface area contributed by atoms with Gasteiger partial charge in [0.15, 0.2) is 5.78 Å². The topological polar surface area (TPSA) is 148 Å². The summed E-state index contributed by atoms with van der Waals surface area (Å²) in [7, 11) is 3.48. The number of hydrogen-bond acceptors (Lipinski definition) is 11. The van der Waals surface area contributed by atoms with E-state index in [9.17, 15) is 14.4 Å². The molecule has 0 radical (unpaired) electrons. The van der Waals surface area contributed by atoms with Gasteiger partial charge in [-0.05, 0) is 27.3 Å². The molecule has 0 aromatic rings. The molecule has 1 aliphatic rings. The zero-order valence-corrected chi connectivity index (χ0v) is 24.4. The number of amides is 1. The lowest BCUT2D eigenvalue weighted by Gasteiger charge is -2.24.